The smallest absolute Gasteiger partial charge is 0.244 e. The van der Waals surface area contributed by atoms with Crippen LogP contribution in [0.25, 0.3) is 0 Å². The molecule has 0 N–H and O–H groups in total. The molecule has 1 unspecified atom stereocenters. The Morgan fingerprint density at radius 3 is 2.44 bits per heavy atom. The second-order valence-electron chi connectivity index (χ2n) is 2.87. The van der Waals surface area contributed by atoms with Crippen molar-refractivity contribution in [1.82, 2.24) is 0 Å². The fourth-order valence-electron chi connectivity index (χ4n) is 1.07. The third kappa shape index (κ3) is 3.73. The fourth-order valence-corrected chi connectivity index (χ4v) is 5.29. The number of rotatable bonds is 3. The molecule has 1 atom stereocenters. The molecule has 8 heteroatoms. The third-order valence-corrected chi connectivity index (χ3v) is 6.21. The lowest BCUT2D eigenvalue weighted by Gasteiger charge is -2.06. The minimum Gasteiger partial charge on any atom is -0.244 e. The molecule has 0 spiro atoms. The van der Waals surface area contributed by atoms with Crippen molar-refractivity contribution in [3.8, 4) is 0 Å². The summed E-state index contributed by atoms with van der Waals surface area (Å²) < 4.78 is 37.9. The Hall–Kier alpha value is -0.110. The summed E-state index contributed by atoms with van der Waals surface area (Å²) in [5.74, 6) is 0.0788. The van der Waals surface area contributed by atoms with Gasteiger partial charge in [0, 0.05) is 25.8 Å². The lowest BCUT2D eigenvalue weighted by Crippen LogP contribution is -2.05. The molecule has 0 radical (unpaired) electrons. The molecule has 1 aromatic rings. The van der Waals surface area contributed by atoms with Crippen molar-refractivity contribution in [2.45, 2.75) is 11.8 Å². The second-order valence-corrected chi connectivity index (χ2v) is 8.71. The summed E-state index contributed by atoms with van der Waals surface area (Å²) in [6.45, 7) is 1.59. The largest absolute Gasteiger partial charge is 0.347 e. The maximum atomic E-state index is 12.3. The molecule has 0 heterocycles. The summed E-state index contributed by atoms with van der Waals surface area (Å²) in [5.41, 5.74) is 0. The van der Waals surface area contributed by atoms with Gasteiger partial charge in [0.25, 0.3) is 0 Å². The summed E-state index contributed by atoms with van der Waals surface area (Å²) in [5, 5.41) is 0. The summed E-state index contributed by atoms with van der Waals surface area (Å²) in [7, 11) is -2.16. The molecule has 0 aromatic heterocycles. The van der Waals surface area contributed by atoms with Crippen LogP contribution in [0.4, 0.5) is 0 Å². The van der Waals surface area contributed by atoms with Gasteiger partial charge in [0.05, 0.1) is 9.73 Å². The molecular weight excluding hydrogens is 338 g/mol. The summed E-state index contributed by atoms with van der Waals surface area (Å²) in [6, 6.07) is 6.53. The molecule has 0 bridgehead atoms. The van der Waals surface area contributed by atoms with Crippen molar-refractivity contribution < 1.29 is 12.6 Å². The second kappa shape index (κ2) is 5.03. The van der Waals surface area contributed by atoms with Crippen LogP contribution in [0.2, 0.25) is 0 Å². The zero-order valence-corrected chi connectivity index (χ0v) is 12.2. The molecule has 1 aromatic carbocycles. The van der Waals surface area contributed by atoms with Crippen LogP contribution in [0.3, 0.4) is 0 Å². The van der Waals surface area contributed by atoms with Crippen LogP contribution in [0, 0.1) is 0 Å². The number of benzene rings is 1. The van der Waals surface area contributed by atoms with Gasteiger partial charge in [0.1, 0.15) is 0 Å². The van der Waals surface area contributed by atoms with E-state index in [1.54, 1.807) is 31.2 Å². The molecule has 1 rings (SSSR count). The topological polar surface area (TPSA) is 63.6 Å². The van der Waals surface area contributed by atoms with E-state index in [1.807, 2.05) is 0 Å². The van der Waals surface area contributed by atoms with Gasteiger partial charge >= 0.3 is 9.24 Å². The molecule has 0 saturated heterocycles. The van der Waals surface area contributed by atoms with Gasteiger partial charge in [-0.1, -0.05) is 32.7 Å². The lowest BCUT2D eigenvalue weighted by atomic mass is 10.4. The highest BCUT2D eigenvalue weighted by Crippen LogP contribution is 2.21. The molecule has 0 saturated carbocycles. The van der Waals surface area contributed by atoms with Crippen molar-refractivity contribution >= 4 is 45.6 Å². The van der Waals surface area contributed by atoms with Gasteiger partial charge in [0.2, 0.25) is 0 Å². The predicted octanol–water partition coefficient (Wildman–Crippen LogP) is 2.78. The molecular formula is C8H9BrClNO3S2. The molecule has 0 amide bonds. The van der Waals surface area contributed by atoms with Crippen LogP contribution in [-0.2, 0) is 19.0 Å². The Bertz CT molecular complexity index is 605. The Balaban J connectivity index is 3.50. The van der Waals surface area contributed by atoms with Gasteiger partial charge in [-0.25, -0.2) is 4.21 Å². The molecule has 0 fully saturated rings. The first-order valence-electron chi connectivity index (χ1n) is 4.23. The lowest BCUT2D eigenvalue weighted by molar-refractivity contribution is 0.611. The Morgan fingerprint density at radius 2 is 2.00 bits per heavy atom. The van der Waals surface area contributed by atoms with E-state index in [1.165, 1.54) is 0 Å². The highest BCUT2D eigenvalue weighted by Gasteiger charge is 2.15. The Morgan fingerprint density at radius 1 is 1.38 bits per heavy atom. The van der Waals surface area contributed by atoms with Crippen LogP contribution in [0.1, 0.15) is 6.92 Å². The maximum absolute atomic E-state index is 12.3. The molecule has 16 heavy (non-hydrogen) atoms. The number of hydrogen-bond donors (Lipinski definition) is 0. The normalized spacial score (nSPS) is 15.4. The first-order valence-corrected chi connectivity index (χ1v) is 8.97. The monoisotopic (exact) mass is 345 g/mol. The first kappa shape index (κ1) is 14.0. The van der Waals surface area contributed by atoms with Gasteiger partial charge in [-0.05, 0) is 18.2 Å². The average Bonchev–Trinajstić information content (AvgIpc) is 2.15. The van der Waals surface area contributed by atoms with Crippen molar-refractivity contribution in [1.29, 1.82) is 0 Å². The quantitative estimate of drug-likeness (QED) is 0.791. The van der Waals surface area contributed by atoms with E-state index >= 15 is 0 Å². The van der Waals surface area contributed by atoms with Gasteiger partial charge in [-0.15, -0.1) is 0 Å². The van der Waals surface area contributed by atoms with Crippen LogP contribution < -0.4 is 0 Å². The minimum absolute atomic E-state index is 0.0788. The average molecular weight is 347 g/mol. The molecule has 90 valence electrons. The van der Waals surface area contributed by atoms with Crippen molar-refractivity contribution in [3.63, 3.8) is 0 Å². The number of nitrogens with zero attached hydrogens (tertiary/aromatic N) is 1. The van der Waals surface area contributed by atoms with Crippen LogP contribution >= 0.6 is 26.6 Å². The first-order chi connectivity index (χ1) is 7.27. The zero-order chi connectivity index (χ0) is 12.4. The fraction of sp³-hybridized carbons (Fsp3) is 0.250. The predicted molar refractivity (Wildman–Crippen MR) is 68.3 cm³/mol. The summed E-state index contributed by atoms with van der Waals surface area (Å²) >= 11 is 3.21. The van der Waals surface area contributed by atoms with E-state index < -0.39 is 19.0 Å². The number of halogens is 2. The summed E-state index contributed by atoms with van der Waals surface area (Å²) in [4.78, 5) is 0.341. The molecule has 0 aliphatic rings. The Kier molecular flexibility index (Phi) is 4.39. The van der Waals surface area contributed by atoms with Gasteiger partial charge in [0.15, 0.2) is 0 Å². The van der Waals surface area contributed by atoms with E-state index in [4.69, 9.17) is 10.7 Å². The van der Waals surface area contributed by atoms with Crippen molar-refractivity contribution in [2.75, 3.05) is 5.75 Å². The van der Waals surface area contributed by atoms with E-state index in [-0.39, 0.29) is 5.75 Å². The third-order valence-electron chi connectivity index (χ3n) is 1.77. The highest BCUT2D eigenvalue weighted by molar-refractivity contribution is 9.10. The molecule has 0 aliphatic heterocycles. The van der Waals surface area contributed by atoms with E-state index in [0.29, 0.717) is 9.37 Å². The number of hydrogen-bond acceptors (Lipinski definition) is 3. The summed E-state index contributed by atoms with van der Waals surface area (Å²) in [6.07, 6.45) is 0. The van der Waals surface area contributed by atoms with Gasteiger partial charge in [-0.3, -0.25) is 0 Å². The van der Waals surface area contributed by atoms with Gasteiger partial charge in [-0.2, -0.15) is 8.42 Å². The van der Waals surface area contributed by atoms with Crippen LogP contribution in [0.15, 0.2) is 37.4 Å². The zero-order valence-electron chi connectivity index (χ0n) is 8.26. The van der Waals surface area contributed by atoms with E-state index in [9.17, 15) is 12.6 Å². The van der Waals surface area contributed by atoms with Crippen molar-refractivity contribution in [3.05, 3.63) is 28.7 Å². The Labute approximate surface area is 108 Å². The SMILES string of the molecule is CCS(=O)(=NS(=O)(=O)Cl)c1cccc(Br)c1. The standard InChI is InChI=1S/C8H9BrClNO3S2/c1-2-15(12,11-16(10,13)14)8-5-3-4-7(9)6-8/h3-6H,2H2,1H3. The van der Waals surface area contributed by atoms with E-state index in [0.717, 1.165) is 0 Å². The minimum atomic E-state index is -4.15. The molecule has 4 nitrogen and oxygen atoms in total. The van der Waals surface area contributed by atoms with Gasteiger partial charge < -0.3 is 0 Å². The molecule has 0 aliphatic carbocycles. The van der Waals surface area contributed by atoms with Crippen LogP contribution in [-0.4, -0.2) is 18.4 Å². The maximum Gasteiger partial charge on any atom is 0.347 e. The van der Waals surface area contributed by atoms with Crippen LogP contribution in [0.5, 0.6) is 0 Å². The van der Waals surface area contributed by atoms with Crippen molar-refractivity contribution in [2.24, 2.45) is 3.77 Å². The highest BCUT2D eigenvalue weighted by atomic mass is 79.9. The van der Waals surface area contributed by atoms with E-state index in [2.05, 4.69) is 19.7 Å².